The van der Waals surface area contributed by atoms with Gasteiger partial charge in [-0.05, 0) is 26.7 Å². The number of primary amides is 1. The topological polar surface area (TPSA) is 64.3 Å². The van der Waals surface area contributed by atoms with E-state index in [1.807, 2.05) is 13.8 Å². The molecule has 4 heteroatoms. The van der Waals surface area contributed by atoms with Gasteiger partial charge in [-0.2, -0.15) is 0 Å². The molecule has 0 heterocycles. The summed E-state index contributed by atoms with van der Waals surface area (Å²) in [7, 11) is 0. The normalized spacial score (nSPS) is 21.8. The van der Waals surface area contributed by atoms with Gasteiger partial charge in [0.15, 0.2) is 0 Å². The third-order valence-corrected chi connectivity index (χ3v) is 3.52. The molecule has 1 rings (SSSR count). The average molecular weight is 242 g/mol. The maximum Gasteiger partial charge on any atom is 0.239 e. The summed E-state index contributed by atoms with van der Waals surface area (Å²) in [6.45, 7) is 4.73. The lowest BCUT2D eigenvalue weighted by Gasteiger charge is -2.32. The van der Waals surface area contributed by atoms with Crippen molar-refractivity contribution < 1.29 is 9.53 Å². The van der Waals surface area contributed by atoms with Gasteiger partial charge in [0.25, 0.3) is 0 Å². The molecule has 4 nitrogen and oxygen atoms in total. The molecule has 0 aromatic carbocycles. The number of carbonyl (C=O) groups is 1. The van der Waals surface area contributed by atoms with Gasteiger partial charge in [0.2, 0.25) is 5.91 Å². The molecule has 0 aromatic rings. The number of hydrogen-bond acceptors (Lipinski definition) is 3. The molecular formula is C13H26N2O2. The highest BCUT2D eigenvalue weighted by atomic mass is 16.5. The zero-order valence-corrected chi connectivity index (χ0v) is 11.1. The van der Waals surface area contributed by atoms with Crippen LogP contribution in [-0.4, -0.2) is 30.7 Å². The molecule has 1 fully saturated rings. The van der Waals surface area contributed by atoms with E-state index in [1.165, 1.54) is 25.7 Å². The molecule has 0 bridgehead atoms. The summed E-state index contributed by atoms with van der Waals surface area (Å²) < 4.78 is 5.37. The second-order valence-corrected chi connectivity index (χ2v) is 5.17. The van der Waals surface area contributed by atoms with Gasteiger partial charge in [-0.15, -0.1) is 0 Å². The third-order valence-electron chi connectivity index (χ3n) is 3.52. The van der Waals surface area contributed by atoms with Crippen molar-refractivity contribution in [3.8, 4) is 0 Å². The third kappa shape index (κ3) is 4.64. The number of carbonyl (C=O) groups excluding carboxylic acids is 1. The first kappa shape index (κ1) is 14.5. The van der Waals surface area contributed by atoms with Crippen LogP contribution < -0.4 is 11.1 Å². The largest absolute Gasteiger partial charge is 0.379 e. The number of nitrogens with one attached hydrogen (secondary N) is 1. The molecule has 0 radical (unpaired) electrons. The lowest BCUT2D eigenvalue weighted by molar-refractivity contribution is -0.126. The number of nitrogens with two attached hydrogens (primary N) is 1. The van der Waals surface area contributed by atoms with Gasteiger partial charge in [0.1, 0.15) is 5.54 Å². The van der Waals surface area contributed by atoms with Crippen LogP contribution in [0, 0.1) is 0 Å². The average Bonchev–Trinajstić information content (AvgIpc) is 2.54. The Labute approximate surface area is 104 Å². The van der Waals surface area contributed by atoms with Crippen molar-refractivity contribution in [3.63, 3.8) is 0 Å². The van der Waals surface area contributed by atoms with Crippen molar-refractivity contribution in [3.05, 3.63) is 0 Å². The fourth-order valence-electron chi connectivity index (χ4n) is 2.36. The SMILES string of the molecule is CCOCC(C)(NC1CCCCCC1)C(N)=O. The molecule has 0 aromatic heterocycles. The fraction of sp³-hybridized carbons (Fsp3) is 0.923. The van der Waals surface area contributed by atoms with Crippen molar-refractivity contribution in [1.29, 1.82) is 0 Å². The van der Waals surface area contributed by atoms with Crippen molar-refractivity contribution >= 4 is 5.91 Å². The molecule has 0 spiro atoms. The first-order valence-electron chi connectivity index (χ1n) is 6.74. The van der Waals surface area contributed by atoms with Gasteiger partial charge in [-0.1, -0.05) is 25.7 Å². The Morgan fingerprint density at radius 3 is 2.41 bits per heavy atom. The monoisotopic (exact) mass is 242 g/mol. The van der Waals surface area contributed by atoms with Crippen LogP contribution in [-0.2, 0) is 9.53 Å². The van der Waals surface area contributed by atoms with Crippen LogP contribution >= 0.6 is 0 Å². The quantitative estimate of drug-likeness (QED) is 0.695. The van der Waals surface area contributed by atoms with E-state index in [-0.39, 0.29) is 5.91 Å². The van der Waals surface area contributed by atoms with Crippen LogP contribution in [0.2, 0.25) is 0 Å². The molecule has 17 heavy (non-hydrogen) atoms. The predicted molar refractivity (Wildman–Crippen MR) is 68.7 cm³/mol. The molecule has 1 atom stereocenters. The van der Waals surface area contributed by atoms with Crippen LogP contribution in [0.15, 0.2) is 0 Å². The molecule has 1 aliphatic rings. The molecule has 3 N–H and O–H groups in total. The van der Waals surface area contributed by atoms with Crippen LogP contribution in [0.3, 0.4) is 0 Å². The standard InChI is InChI=1S/C13H26N2O2/c1-3-17-10-13(2,12(14)16)15-11-8-6-4-5-7-9-11/h11,15H,3-10H2,1-2H3,(H2,14,16). The molecule has 1 aliphatic carbocycles. The van der Waals surface area contributed by atoms with Gasteiger partial charge in [-0.25, -0.2) is 0 Å². The van der Waals surface area contributed by atoms with E-state index >= 15 is 0 Å². The van der Waals surface area contributed by atoms with E-state index in [0.717, 1.165) is 12.8 Å². The van der Waals surface area contributed by atoms with E-state index in [4.69, 9.17) is 10.5 Å². The van der Waals surface area contributed by atoms with Crippen LogP contribution in [0.5, 0.6) is 0 Å². The summed E-state index contributed by atoms with van der Waals surface area (Å²) in [5.41, 5.74) is 4.76. The van der Waals surface area contributed by atoms with Gasteiger partial charge < -0.3 is 10.5 Å². The lowest BCUT2D eigenvalue weighted by atomic mass is 9.98. The Morgan fingerprint density at radius 1 is 1.35 bits per heavy atom. The van der Waals surface area contributed by atoms with Gasteiger partial charge in [0.05, 0.1) is 6.61 Å². The summed E-state index contributed by atoms with van der Waals surface area (Å²) in [5, 5.41) is 3.41. The summed E-state index contributed by atoms with van der Waals surface area (Å²) in [6, 6.07) is 0.399. The highest BCUT2D eigenvalue weighted by molar-refractivity contribution is 5.84. The Balaban J connectivity index is 2.54. The highest BCUT2D eigenvalue weighted by Gasteiger charge is 2.33. The van der Waals surface area contributed by atoms with Crippen molar-refractivity contribution in [1.82, 2.24) is 5.32 Å². The minimum absolute atomic E-state index is 0.324. The number of rotatable bonds is 6. The lowest BCUT2D eigenvalue weighted by Crippen LogP contribution is -2.59. The second-order valence-electron chi connectivity index (χ2n) is 5.17. The molecule has 1 saturated carbocycles. The molecule has 0 saturated heterocycles. The minimum Gasteiger partial charge on any atom is -0.379 e. The zero-order chi connectivity index (χ0) is 12.7. The van der Waals surface area contributed by atoms with Crippen LogP contribution in [0.1, 0.15) is 52.4 Å². The summed E-state index contributed by atoms with van der Waals surface area (Å²) >= 11 is 0. The number of ether oxygens (including phenoxy) is 1. The van der Waals surface area contributed by atoms with Gasteiger partial charge in [0, 0.05) is 12.6 Å². The highest BCUT2D eigenvalue weighted by Crippen LogP contribution is 2.19. The fourth-order valence-corrected chi connectivity index (χ4v) is 2.36. The van der Waals surface area contributed by atoms with Crippen molar-refractivity contribution in [2.45, 2.75) is 64.0 Å². The van der Waals surface area contributed by atoms with Gasteiger partial charge >= 0.3 is 0 Å². The Hall–Kier alpha value is -0.610. The Morgan fingerprint density at radius 2 is 1.94 bits per heavy atom. The predicted octanol–water partition coefficient (Wildman–Crippen LogP) is 1.58. The summed E-state index contributed by atoms with van der Waals surface area (Å²) in [5.74, 6) is -0.324. The number of amides is 1. The molecular weight excluding hydrogens is 216 g/mol. The smallest absolute Gasteiger partial charge is 0.239 e. The van der Waals surface area contributed by atoms with Crippen LogP contribution in [0.4, 0.5) is 0 Å². The summed E-state index contributed by atoms with van der Waals surface area (Å²) in [6.07, 6.45) is 7.35. The first-order valence-corrected chi connectivity index (χ1v) is 6.74. The number of hydrogen-bond donors (Lipinski definition) is 2. The van der Waals surface area contributed by atoms with E-state index in [1.54, 1.807) is 0 Å². The molecule has 1 amide bonds. The van der Waals surface area contributed by atoms with E-state index in [2.05, 4.69) is 5.32 Å². The van der Waals surface area contributed by atoms with Gasteiger partial charge in [-0.3, -0.25) is 10.1 Å². The minimum atomic E-state index is -0.731. The maximum absolute atomic E-state index is 11.6. The second kappa shape index (κ2) is 6.97. The van der Waals surface area contributed by atoms with E-state index in [9.17, 15) is 4.79 Å². The zero-order valence-electron chi connectivity index (χ0n) is 11.1. The molecule has 1 unspecified atom stereocenters. The molecule has 100 valence electrons. The summed E-state index contributed by atoms with van der Waals surface area (Å²) in [4.78, 5) is 11.6. The van der Waals surface area contributed by atoms with Crippen molar-refractivity contribution in [2.75, 3.05) is 13.2 Å². The molecule has 0 aliphatic heterocycles. The van der Waals surface area contributed by atoms with E-state index < -0.39 is 5.54 Å². The van der Waals surface area contributed by atoms with Crippen LogP contribution in [0.25, 0.3) is 0 Å². The van der Waals surface area contributed by atoms with Crippen molar-refractivity contribution in [2.24, 2.45) is 5.73 Å². The maximum atomic E-state index is 11.6. The van der Waals surface area contributed by atoms with E-state index in [0.29, 0.717) is 19.3 Å². The first-order chi connectivity index (χ1) is 8.08. The Bertz CT molecular complexity index is 238. The Kier molecular flexibility index (Phi) is 5.92.